The Labute approximate surface area is 110 Å². The lowest BCUT2D eigenvalue weighted by molar-refractivity contribution is -0.0468. The largest absolute Gasteiger partial charge is 0.381 e. The molecule has 0 aliphatic heterocycles. The van der Waals surface area contributed by atoms with E-state index >= 15 is 0 Å². The first-order chi connectivity index (χ1) is 8.76. The normalized spacial score (nSPS) is 30.1. The van der Waals surface area contributed by atoms with E-state index in [0.29, 0.717) is 24.0 Å². The number of rotatable bonds is 4. The zero-order valence-corrected chi connectivity index (χ0v) is 11.6. The lowest BCUT2D eigenvalue weighted by atomic mass is 9.75. The monoisotopic (exact) mass is 248 g/mol. The van der Waals surface area contributed by atoms with Crippen LogP contribution in [-0.2, 0) is 9.47 Å². The molecule has 4 unspecified atom stereocenters. The van der Waals surface area contributed by atoms with Crippen LogP contribution in [0.25, 0.3) is 0 Å². The van der Waals surface area contributed by atoms with Gasteiger partial charge in [-0.1, -0.05) is 37.3 Å². The minimum absolute atomic E-state index is 0.318. The van der Waals surface area contributed by atoms with Crippen LogP contribution in [0.5, 0.6) is 0 Å². The molecule has 0 N–H and O–H groups in total. The molecule has 0 heterocycles. The van der Waals surface area contributed by atoms with Gasteiger partial charge in [-0.05, 0) is 30.2 Å². The van der Waals surface area contributed by atoms with Crippen molar-refractivity contribution in [3.63, 3.8) is 0 Å². The van der Waals surface area contributed by atoms with Gasteiger partial charge in [-0.3, -0.25) is 0 Å². The van der Waals surface area contributed by atoms with Crippen LogP contribution < -0.4 is 0 Å². The molecule has 2 heteroatoms. The molecule has 0 saturated heterocycles. The van der Waals surface area contributed by atoms with Crippen LogP contribution >= 0.6 is 0 Å². The standard InChI is InChI=1S/C16H24O2/c1-12(13-7-5-4-6-8-13)15-10-9-14(17-2)11-16(15)18-3/h4-8,12,14-16H,9-11H2,1-3H3. The quantitative estimate of drug-likeness (QED) is 0.810. The van der Waals surface area contributed by atoms with E-state index in [4.69, 9.17) is 9.47 Å². The minimum atomic E-state index is 0.318. The summed E-state index contributed by atoms with van der Waals surface area (Å²) in [7, 11) is 3.63. The fourth-order valence-electron chi connectivity index (χ4n) is 3.18. The highest BCUT2D eigenvalue weighted by Crippen LogP contribution is 2.38. The van der Waals surface area contributed by atoms with Crippen LogP contribution in [0.4, 0.5) is 0 Å². The molecule has 1 fully saturated rings. The molecule has 1 aromatic rings. The zero-order chi connectivity index (χ0) is 13.0. The van der Waals surface area contributed by atoms with Gasteiger partial charge < -0.3 is 9.47 Å². The number of methoxy groups -OCH3 is 2. The summed E-state index contributed by atoms with van der Waals surface area (Å²) < 4.78 is 11.2. The molecule has 1 aliphatic rings. The second-order valence-electron chi connectivity index (χ2n) is 5.31. The Kier molecular flexibility index (Phi) is 4.79. The van der Waals surface area contributed by atoms with Gasteiger partial charge in [0.1, 0.15) is 0 Å². The van der Waals surface area contributed by atoms with E-state index in [0.717, 1.165) is 12.8 Å². The van der Waals surface area contributed by atoms with Gasteiger partial charge in [-0.2, -0.15) is 0 Å². The third-order valence-corrected chi connectivity index (χ3v) is 4.40. The first-order valence-electron chi connectivity index (χ1n) is 6.86. The maximum absolute atomic E-state index is 5.70. The van der Waals surface area contributed by atoms with E-state index in [-0.39, 0.29) is 0 Å². The molecule has 1 aliphatic carbocycles. The number of hydrogen-bond donors (Lipinski definition) is 0. The predicted octanol–water partition coefficient (Wildman–Crippen LogP) is 3.62. The first kappa shape index (κ1) is 13.6. The molecule has 100 valence electrons. The summed E-state index contributed by atoms with van der Waals surface area (Å²) in [6, 6.07) is 10.8. The van der Waals surface area contributed by atoms with Crippen LogP contribution in [0.1, 0.15) is 37.7 Å². The molecule has 18 heavy (non-hydrogen) atoms. The third-order valence-electron chi connectivity index (χ3n) is 4.40. The molecular weight excluding hydrogens is 224 g/mol. The summed E-state index contributed by atoms with van der Waals surface area (Å²) in [5.74, 6) is 1.15. The van der Waals surface area contributed by atoms with Gasteiger partial charge in [-0.25, -0.2) is 0 Å². The van der Waals surface area contributed by atoms with Gasteiger partial charge >= 0.3 is 0 Å². The summed E-state index contributed by atoms with van der Waals surface area (Å²) in [4.78, 5) is 0. The Hall–Kier alpha value is -0.860. The molecule has 0 radical (unpaired) electrons. The lowest BCUT2D eigenvalue weighted by Crippen LogP contribution is -2.37. The summed E-state index contributed by atoms with van der Waals surface area (Å²) in [5, 5.41) is 0. The van der Waals surface area contributed by atoms with Crippen molar-refractivity contribution >= 4 is 0 Å². The van der Waals surface area contributed by atoms with Crippen molar-refractivity contribution in [2.45, 2.75) is 44.3 Å². The Bertz CT molecular complexity index is 349. The second kappa shape index (κ2) is 6.35. The topological polar surface area (TPSA) is 18.5 Å². The summed E-state index contributed by atoms with van der Waals surface area (Å²) in [6.07, 6.45) is 4.05. The third kappa shape index (κ3) is 2.93. The highest BCUT2D eigenvalue weighted by molar-refractivity contribution is 5.20. The number of hydrogen-bond acceptors (Lipinski definition) is 2. The molecule has 1 aromatic carbocycles. The molecule has 2 nitrogen and oxygen atoms in total. The van der Waals surface area contributed by atoms with Gasteiger partial charge in [0, 0.05) is 20.6 Å². The number of benzene rings is 1. The average Bonchev–Trinajstić information content (AvgIpc) is 2.46. The fraction of sp³-hybridized carbons (Fsp3) is 0.625. The Morgan fingerprint density at radius 3 is 2.39 bits per heavy atom. The number of ether oxygens (including phenoxy) is 2. The van der Waals surface area contributed by atoms with Crippen molar-refractivity contribution < 1.29 is 9.47 Å². The molecule has 0 spiro atoms. The van der Waals surface area contributed by atoms with Gasteiger partial charge in [-0.15, -0.1) is 0 Å². The van der Waals surface area contributed by atoms with Gasteiger partial charge in [0.15, 0.2) is 0 Å². The highest BCUT2D eigenvalue weighted by atomic mass is 16.5. The molecule has 4 atom stereocenters. The van der Waals surface area contributed by atoms with Crippen molar-refractivity contribution in [2.75, 3.05) is 14.2 Å². The van der Waals surface area contributed by atoms with E-state index in [1.165, 1.54) is 12.0 Å². The van der Waals surface area contributed by atoms with Gasteiger partial charge in [0.25, 0.3) is 0 Å². The SMILES string of the molecule is COC1CCC(C(C)c2ccccc2)C(OC)C1. The van der Waals surface area contributed by atoms with Crippen LogP contribution in [0.2, 0.25) is 0 Å². The van der Waals surface area contributed by atoms with E-state index in [2.05, 4.69) is 37.3 Å². The van der Waals surface area contributed by atoms with Gasteiger partial charge in [0.05, 0.1) is 12.2 Å². The van der Waals surface area contributed by atoms with Crippen molar-refractivity contribution in [1.82, 2.24) is 0 Å². The van der Waals surface area contributed by atoms with Crippen LogP contribution in [0.15, 0.2) is 30.3 Å². The summed E-state index contributed by atoms with van der Waals surface area (Å²) in [5.41, 5.74) is 1.42. The average molecular weight is 248 g/mol. The van der Waals surface area contributed by atoms with Crippen molar-refractivity contribution in [1.29, 1.82) is 0 Å². The van der Waals surface area contributed by atoms with Crippen LogP contribution in [0.3, 0.4) is 0 Å². The van der Waals surface area contributed by atoms with Crippen molar-refractivity contribution in [2.24, 2.45) is 5.92 Å². The van der Waals surface area contributed by atoms with E-state index in [9.17, 15) is 0 Å². The fourth-order valence-corrected chi connectivity index (χ4v) is 3.18. The molecule has 0 bridgehead atoms. The Morgan fingerprint density at radius 2 is 1.78 bits per heavy atom. The maximum atomic E-state index is 5.70. The van der Waals surface area contributed by atoms with E-state index < -0.39 is 0 Å². The van der Waals surface area contributed by atoms with Crippen LogP contribution in [0, 0.1) is 5.92 Å². The van der Waals surface area contributed by atoms with Crippen molar-refractivity contribution in [3.8, 4) is 0 Å². The Balaban J connectivity index is 2.07. The molecule has 0 aromatic heterocycles. The lowest BCUT2D eigenvalue weighted by Gasteiger charge is -2.38. The summed E-state index contributed by atoms with van der Waals surface area (Å²) in [6.45, 7) is 2.32. The Morgan fingerprint density at radius 1 is 1.06 bits per heavy atom. The smallest absolute Gasteiger partial charge is 0.0629 e. The minimum Gasteiger partial charge on any atom is -0.381 e. The summed E-state index contributed by atoms with van der Waals surface area (Å²) >= 11 is 0. The van der Waals surface area contributed by atoms with Gasteiger partial charge in [0.2, 0.25) is 0 Å². The molecule has 2 rings (SSSR count). The maximum Gasteiger partial charge on any atom is 0.0629 e. The van der Waals surface area contributed by atoms with Crippen LogP contribution in [-0.4, -0.2) is 26.4 Å². The molecule has 0 amide bonds. The van der Waals surface area contributed by atoms with E-state index in [1.807, 2.05) is 7.11 Å². The van der Waals surface area contributed by atoms with Crippen molar-refractivity contribution in [3.05, 3.63) is 35.9 Å². The zero-order valence-electron chi connectivity index (χ0n) is 11.6. The molecule has 1 saturated carbocycles. The second-order valence-corrected chi connectivity index (χ2v) is 5.31. The predicted molar refractivity (Wildman–Crippen MR) is 73.8 cm³/mol. The first-order valence-corrected chi connectivity index (χ1v) is 6.86. The highest BCUT2D eigenvalue weighted by Gasteiger charge is 2.34. The molecular formula is C16H24O2. The van der Waals surface area contributed by atoms with E-state index in [1.54, 1.807) is 7.11 Å².